The molecular formula is C23H31N5O10P2S. The van der Waals surface area contributed by atoms with Gasteiger partial charge in [0.05, 0.1) is 25.9 Å². The first kappa shape index (κ1) is 30.5. The maximum absolute atomic E-state index is 12.7. The number of imidazole rings is 1. The maximum Gasteiger partial charge on any atom is 0.469 e. The largest absolute Gasteiger partial charge is 0.469 e. The highest BCUT2D eigenvalue weighted by Gasteiger charge is 2.56. The second-order valence-corrected chi connectivity index (χ2v) is 15.0. The smallest absolute Gasteiger partial charge is 0.347 e. The van der Waals surface area contributed by atoms with Gasteiger partial charge in [-0.1, -0.05) is 18.2 Å². The third-order valence-electron chi connectivity index (χ3n) is 6.42. The van der Waals surface area contributed by atoms with Crippen molar-refractivity contribution < 1.29 is 47.1 Å². The number of unbranched alkanes of at least 4 members (excludes halogenated alkanes) is 1. The standard InChI is InChI=1S/C23H31N5O10P2S/c1-23(2)37-18-16(12-35-40(32,33)41-15-8-4-3-5-9-15)36-22(19(18)38-23)28-14-25-17-20(24)27(13-26-21(17)28)10-6-7-11-34-39(29,30)31/h3-5,8-9,13-14,16,18-19,22,24H,6-7,10-12H2,1-2H3,(H,32,33)(H2,29,30,31)/t16-,18-,19-,22-/m1/s1. The summed E-state index contributed by atoms with van der Waals surface area (Å²) >= 11 is 0.738. The molecule has 3 aromatic rings. The van der Waals surface area contributed by atoms with E-state index in [4.69, 9.17) is 33.9 Å². The molecule has 18 heteroatoms. The summed E-state index contributed by atoms with van der Waals surface area (Å²) in [4.78, 5) is 37.5. The van der Waals surface area contributed by atoms with Crippen LogP contribution in [0.25, 0.3) is 11.2 Å². The summed E-state index contributed by atoms with van der Waals surface area (Å²) in [6.45, 7) is -0.479. The van der Waals surface area contributed by atoms with Crippen LogP contribution in [0.2, 0.25) is 0 Å². The number of fused-ring (bicyclic) bond motifs is 2. The van der Waals surface area contributed by atoms with E-state index < -0.39 is 44.9 Å². The molecule has 0 aliphatic carbocycles. The minimum atomic E-state index is -4.51. The molecule has 4 N–H and O–H groups in total. The Bertz CT molecular complexity index is 1530. The van der Waals surface area contributed by atoms with E-state index in [-0.39, 0.29) is 18.7 Å². The van der Waals surface area contributed by atoms with Gasteiger partial charge < -0.3 is 33.5 Å². The van der Waals surface area contributed by atoms with E-state index in [2.05, 4.69) is 14.5 Å². The molecule has 0 radical (unpaired) electrons. The number of phosphoric ester groups is 1. The normalized spacial score (nSPS) is 25.4. The van der Waals surface area contributed by atoms with Crippen molar-refractivity contribution in [3.63, 3.8) is 0 Å². The van der Waals surface area contributed by atoms with Crippen LogP contribution in [0.15, 0.2) is 47.9 Å². The molecule has 2 fully saturated rings. The quantitative estimate of drug-likeness (QED) is 0.168. The van der Waals surface area contributed by atoms with Crippen molar-refractivity contribution in [2.45, 2.75) is 68.5 Å². The van der Waals surface area contributed by atoms with Gasteiger partial charge in [0.25, 0.3) is 0 Å². The summed E-state index contributed by atoms with van der Waals surface area (Å²) in [5.41, 5.74) is 0.792. The first-order chi connectivity index (χ1) is 19.3. The molecule has 15 nitrogen and oxygen atoms in total. The molecule has 5 rings (SSSR count). The van der Waals surface area contributed by atoms with Crippen molar-refractivity contribution in [2.75, 3.05) is 13.2 Å². The van der Waals surface area contributed by atoms with Crippen LogP contribution in [0.4, 0.5) is 0 Å². The second kappa shape index (κ2) is 12.0. The van der Waals surface area contributed by atoms with Gasteiger partial charge in [-0.05, 0) is 50.2 Å². The molecule has 0 amide bonds. The molecule has 4 heterocycles. The monoisotopic (exact) mass is 631 g/mol. The predicted octanol–water partition coefficient (Wildman–Crippen LogP) is 2.93. The molecule has 1 aromatic carbocycles. The maximum atomic E-state index is 12.7. The van der Waals surface area contributed by atoms with Crippen molar-refractivity contribution in [1.82, 2.24) is 19.1 Å². The lowest BCUT2D eigenvalue weighted by atomic mass is 10.1. The van der Waals surface area contributed by atoms with E-state index in [0.29, 0.717) is 35.4 Å². The Morgan fingerprint density at radius 2 is 1.78 bits per heavy atom. The van der Waals surface area contributed by atoms with Gasteiger partial charge in [0.15, 0.2) is 23.1 Å². The molecular weight excluding hydrogens is 600 g/mol. The Morgan fingerprint density at radius 3 is 2.51 bits per heavy atom. The van der Waals surface area contributed by atoms with Gasteiger partial charge in [-0.2, -0.15) is 0 Å². The van der Waals surface area contributed by atoms with Gasteiger partial charge in [-0.15, -0.1) is 0 Å². The highest BCUT2D eigenvalue weighted by Crippen LogP contribution is 2.59. The number of nitrogens with zero attached hydrogens (tertiary/aromatic N) is 4. The lowest BCUT2D eigenvalue weighted by Crippen LogP contribution is -2.32. The number of aromatic nitrogens is 4. The van der Waals surface area contributed by atoms with Crippen LogP contribution in [0, 0.1) is 5.41 Å². The molecule has 2 saturated heterocycles. The Morgan fingerprint density at radius 1 is 1.05 bits per heavy atom. The Balaban J connectivity index is 1.29. The van der Waals surface area contributed by atoms with E-state index in [1.165, 1.54) is 12.7 Å². The predicted molar refractivity (Wildman–Crippen MR) is 144 cm³/mol. The summed E-state index contributed by atoms with van der Waals surface area (Å²) in [6, 6.07) is 8.77. The van der Waals surface area contributed by atoms with Crippen molar-refractivity contribution in [2.24, 2.45) is 0 Å². The Hall–Kier alpha value is -1.94. The minimum absolute atomic E-state index is 0.0992. The summed E-state index contributed by atoms with van der Waals surface area (Å²) in [7, 11) is -4.51. The fraction of sp³-hybridized carbons (Fsp3) is 0.522. The van der Waals surface area contributed by atoms with Crippen molar-refractivity contribution in [1.29, 1.82) is 5.41 Å². The van der Waals surface area contributed by atoms with E-state index >= 15 is 0 Å². The van der Waals surface area contributed by atoms with Crippen LogP contribution in [-0.4, -0.2) is 71.1 Å². The highest BCUT2D eigenvalue weighted by atomic mass is 32.7. The first-order valence-electron chi connectivity index (χ1n) is 12.7. The van der Waals surface area contributed by atoms with Crippen LogP contribution < -0.4 is 5.49 Å². The Labute approximate surface area is 238 Å². The van der Waals surface area contributed by atoms with Gasteiger partial charge >= 0.3 is 14.6 Å². The average molecular weight is 632 g/mol. The van der Waals surface area contributed by atoms with Crippen LogP contribution in [0.5, 0.6) is 0 Å². The van der Waals surface area contributed by atoms with E-state index in [1.54, 1.807) is 47.2 Å². The molecule has 0 spiro atoms. The van der Waals surface area contributed by atoms with Gasteiger partial charge in [0.1, 0.15) is 23.8 Å². The number of hydrogen-bond donors (Lipinski definition) is 4. The first-order valence-corrected chi connectivity index (χ1v) is 17.2. The highest BCUT2D eigenvalue weighted by molar-refractivity contribution is 8.54. The molecule has 41 heavy (non-hydrogen) atoms. The van der Waals surface area contributed by atoms with Crippen molar-refractivity contribution >= 4 is 37.2 Å². The van der Waals surface area contributed by atoms with Crippen LogP contribution in [-0.2, 0) is 38.9 Å². The third kappa shape index (κ3) is 7.35. The zero-order chi connectivity index (χ0) is 29.4. The zero-order valence-electron chi connectivity index (χ0n) is 22.2. The molecule has 1 unspecified atom stereocenters. The van der Waals surface area contributed by atoms with Crippen LogP contribution in [0.1, 0.15) is 32.9 Å². The van der Waals surface area contributed by atoms with Gasteiger partial charge in [-0.25, -0.2) is 19.1 Å². The fourth-order valence-corrected chi connectivity index (χ4v) is 7.52. The molecule has 2 aliphatic rings. The average Bonchev–Trinajstić information content (AvgIpc) is 3.54. The lowest BCUT2D eigenvalue weighted by molar-refractivity contribution is -0.199. The molecule has 2 aliphatic heterocycles. The number of nitrogens with one attached hydrogen (secondary N) is 1. The topological polar surface area (TPSA) is 200 Å². The number of hydrogen-bond acceptors (Lipinski definition) is 11. The van der Waals surface area contributed by atoms with E-state index in [1.807, 2.05) is 6.07 Å². The SMILES string of the molecule is CC1(C)O[C@@H]2[C@H](O1)[C@@H](COP(=O)(O)Sc1ccccc1)O[C@H]2n1cnc2c(=N)n(CCCCOP(=O)(O)O)cnc21. The third-order valence-corrected chi connectivity index (χ3v) is 9.77. The summed E-state index contributed by atoms with van der Waals surface area (Å²) < 4.78 is 55.1. The van der Waals surface area contributed by atoms with E-state index in [9.17, 15) is 14.0 Å². The molecule has 2 aromatic heterocycles. The minimum Gasteiger partial charge on any atom is -0.347 e. The summed E-state index contributed by atoms with van der Waals surface area (Å²) in [6.07, 6.45) is 1.16. The van der Waals surface area contributed by atoms with Crippen LogP contribution in [0.3, 0.4) is 0 Å². The van der Waals surface area contributed by atoms with E-state index in [0.717, 1.165) is 11.4 Å². The fourth-order valence-electron chi connectivity index (χ4n) is 4.72. The van der Waals surface area contributed by atoms with Crippen LogP contribution >= 0.6 is 26.0 Å². The zero-order valence-corrected chi connectivity index (χ0v) is 24.8. The Kier molecular flexibility index (Phi) is 8.92. The summed E-state index contributed by atoms with van der Waals surface area (Å²) in [5.74, 6) is -0.936. The number of benzene rings is 1. The summed E-state index contributed by atoms with van der Waals surface area (Å²) in [5, 5.41) is 8.59. The molecule has 224 valence electrons. The van der Waals surface area contributed by atoms with Crippen molar-refractivity contribution in [3.05, 3.63) is 48.5 Å². The molecule has 5 atom stereocenters. The van der Waals surface area contributed by atoms with Crippen molar-refractivity contribution in [3.8, 4) is 0 Å². The number of rotatable bonds is 12. The van der Waals surface area contributed by atoms with Gasteiger partial charge in [0, 0.05) is 11.4 Å². The number of aryl methyl sites for hydroxylation is 1. The lowest BCUT2D eigenvalue weighted by Gasteiger charge is -2.25. The molecule has 0 bridgehead atoms. The van der Waals surface area contributed by atoms with Gasteiger partial charge in [0.2, 0.25) is 0 Å². The second-order valence-electron chi connectivity index (χ2n) is 9.94. The number of phosphoric acid groups is 1. The molecule has 0 saturated carbocycles. The number of ether oxygens (including phenoxy) is 3. The van der Waals surface area contributed by atoms with Gasteiger partial charge in [-0.3, -0.25) is 19.0 Å².